The molecular formula is C21H27N3O2. The number of aromatic nitrogens is 1. The zero-order chi connectivity index (χ0) is 18.4. The van der Waals surface area contributed by atoms with Crippen LogP contribution in [-0.4, -0.2) is 17.4 Å². The van der Waals surface area contributed by atoms with Crippen LogP contribution in [0.3, 0.4) is 0 Å². The molecule has 0 aliphatic heterocycles. The van der Waals surface area contributed by atoms with Gasteiger partial charge < -0.3 is 15.8 Å². The van der Waals surface area contributed by atoms with Gasteiger partial charge in [-0.25, -0.2) is 4.98 Å². The molecule has 1 aliphatic rings. The van der Waals surface area contributed by atoms with Crippen molar-refractivity contribution < 1.29 is 9.53 Å². The van der Waals surface area contributed by atoms with E-state index in [4.69, 9.17) is 10.5 Å². The zero-order valence-electron chi connectivity index (χ0n) is 15.3. The minimum absolute atomic E-state index is 0.369. The van der Waals surface area contributed by atoms with E-state index in [-0.39, 0.29) is 0 Å². The maximum absolute atomic E-state index is 11.1. The molecule has 1 heterocycles. The number of amides is 1. The van der Waals surface area contributed by atoms with Gasteiger partial charge in [-0.2, -0.15) is 0 Å². The quantitative estimate of drug-likeness (QED) is 0.705. The fourth-order valence-corrected chi connectivity index (χ4v) is 3.47. The summed E-state index contributed by atoms with van der Waals surface area (Å²) in [6, 6.07) is 9.44. The number of rotatable bonds is 8. The number of carbonyl (C=O) groups excluding carboxylic acids is 1. The van der Waals surface area contributed by atoms with Gasteiger partial charge >= 0.3 is 0 Å². The van der Waals surface area contributed by atoms with Crippen LogP contribution in [0.15, 0.2) is 36.5 Å². The lowest BCUT2D eigenvalue weighted by Gasteiger charge is -2.12. The highest BCUT2D eigenvalue weighted by atomic mass is 16.5. The number of benzene rings is 1. The van der Waals surface area contributed by atoms with Crippen LogP contribution in [0.2, 0.25) is 0 Å². The molecule has 26 heavy (non-hydrogen) atoms. The molecule has 1 aliphatic carbocycles. The average Bonchev–Trinajstić information content (AvgIpc) is 3.15. The number of pyridine rings is 1. The number of nitrogens with zero attached hydrogens (tertiary/aromatic N) is 1. The highest BCUT2D eigenvalue weighted by molar-refractivity contribution is 5.92. The highest BCUT2D eigenvalue weighted by Gasteiger charge is 2.14. The van der Waals surface area contributed by atoms with Gasteiger partial charge in [0.25, 0.3) is 0 Å². The first-order valence-electron chi connectivity index (χ1n) is 9.36. The Morgan fingerprint density at radius 1 is 1.27 bits per heavy atom. The molecule has 0 unspecified atom stereocenters. The zero-order valence-corrected chi connectivity index (χ0v) is 15.3. The summed E-state index contributed by atoms with van der Waals surface area (Å²) in [6.45, 7) is 3.98. The summed E-state index contributed by atoms with van der Waals surface area (Å²) in [7, 11) is 0. The Bertz CT molecular complexity index is 737. The third-order valence-electron chi connectivity index (χ3n) is 5.01. The molecule has 0 bridgehead atoms. The maximum Gasteiger partial charge on any atom is 0.250 e. The number of primary amides is 1. The molecule has 1 aromatic heterocycles. The number of nitrogens with one attached hydrogen (secondary N) is 1. The lowest BCUT2D eigenvalue weighted by molar-refractivity contribution is 0.1000. The average molecular weight is 353 g/mol. The molecule has 0 atom stereocenters. The van der Waals surface area contributed by atoms with Gasteiger partial charge in [-0.15, -0.1) is 0 Å². The van der Waals surface area contributed by atoms with Crippen molar-refractivity contribution in [3.63, 3.8) is 0 Å². The van der Waals surface area contributed by atoms with E-state index < -0.39 is 5.91 Å². The molecule has 1 amide bonds. The van der Waals surface area contributed by atoms with E-state index in [1.165, 1.54) is 43.9 Å². The minimum Gasteiger partial charge on any atom is -0.439 e. The van der Waals surface area contributed by atoms with Crippen LogP contribution in [0.4, 0.5) is 0 Å². The molecule has 3 rings (SSSR count). The van der Waals surface area contributed by atoms with Crippen LogP contribution >= 0.6 is 0 Å². The molecule has 0 radical (unpaired) electrons. The van der Waals surface area contributed by atoms with Crippen molar-refractivity contribution in [2.45, 2.75) is 45.6 Å². The Morgan fingerprint density at radius 2 is 2.08 bits per heavy atom. The third-order valence-corrected chi connectivity index (χ3v) is 5.01. The van der Waals surface area contributed by atoms with Gasteiger partial charge in [-0.3, -0.25) is 4.79 Å². The number of hydrogen-bond donors (Lipinski definition) is 2. The molecule has 138 valence electrons. The predicted octanol–water partition coefficient (Wildman–Crippen LogP) is 3.95. The normalized spacial score (nSPS) is 14.5. The molecule has 3 N–H and O–H groups in total. The van der Waals surface area contributed by atoms with Crippen LogP contribution < -0.4 is 15.8 Å². The summed E-state index contributed by atoms with van der Waals surface area (Å²) in [5.41, 5.74) is 7.89. The lowest BCUT2D eigenvalue weighted by Crippen LogP contribution is -2.17. The van der Waals surface area contributed by atoms with Crippen molar-refractivity contribution in [1.82, 2.24) is 10.3 Å². The number of nitrogens with two attached hydrogens (primary N) is 1. The van der Waals surface area contributed by atoms with Gasteiger partial charge in [0.05, 0.1) is 5.56 Å². The van der Waals surface area contributed by atoms with E-state index in [0.717, 1.165) is 30.3 Å². The Hall–Kier alpha value is -2.40. The number of hydrogen-bond acceptors (Lipinski definition) is 4. The van der Waals surface area contributed by atoms with Gasteiger partial charge in [-0.1, -0.05) is 37.8 Å². The van der Waals surface area contributed by atoms with Crippen LogP contribution in [0.1, 0.15) is 53.6 Å². The molecule has 5 heteroatoms. The SMILES string of the molecule is Cc1cc(CNCCC2CCCC2)ccc1Oc1ccc(C(N)=O)cn1. The summed E-state index contributed by atoms with van der Waals surface area (Å²) >= 11 is 0. The number of ether oxygens (including phenoxy) is 1. The molecule has 0 saturated heterocycles. The van der Waals surface area contributed by atoms with Crippen molar-refractivity contribution in [3.05, 3.63) is 53.2 Å². The molecule has 1 saturated carbocycles. The highest BCUT2D eigenvalue weighted by Crippen LogP contribution is 2.27. The smallest absolute Gasteiger partial charge is 0.250 e. The molecule has 5 nitrogen and oxygen atoms in total. The van der Waals surface area contributed by atoms with Crippen LogP contribution in [0.5, 0.6) is 11.6 Å². The molecule has 1 fully saturated rings. The standard InChI is InChI=1S/C21H27N3O2/c1-15-12-17(13-23-11-10-16-4-2-3-5-16)6-8-19(15)26-20-9-7-18(14-24-20)21(22)25/h6-9,12,14,16,23H,2-5,10-11,13H2,1H3,(H2,22,25). The second kappa shape index (κ2) is 8.81. The van der Waals surface area contributed by atoms with Gasteiger partial charge in [0.15, 0.2) is 0 Å². The number of carbonyl (C=O) groups is 1. The summed E-state index contributed by atoms with van der Waals surface area (Å²) in [5, 5.41) is 3.54. The molecule has 1 aromatic carbocycles. The summed E-state index contributed by atoms with van der Waals surface area (Å²) in [5.74, 6) is 1.64. The van der Waals surface area contributed by atoms with Crippen LogP contribution in [0.25, 0.3) is 0 Å². The van der Waals surface area contributed by atoms with Gasteiger partial charge in [-0.05, 0) is 49.1 Å². The van der Waals surface area contributed by atoms with E-state index in [2.05, 4.69) is 22.4 Å². The first-order chi connectivity index (χ1) is 12.6. The fraction of sp³-hybridized carbons (Fsp3) is 0.429. The monoisotopic (exact) mass is 353 g/mol. The fourth-order valence-electron chi connectivity index (χ4n) is 3.47. The van der Waals surface area contributed by atoms with Crippen molar-refractivity contribution >= 4 is 5.91 Å². The van der Waals surface area contributed by atoms with Crippen molar-refractivity contribution in [3.8, 4) is 11.6 Å². The van der Waals surface area contributed by atoms with Gasteiger partial charge in [0, 0.05) is 18.8 Å². The maximum atomic E-state index is 11.1. The Labute approximate surface area is 155 Å². The largest absolute Gasteiger partial charge is 0.439 e. The third kappa shape index (κ3) is 5.05. The van der Waals surface area contributed by atoms with E-state index in [9.17, 15) is 4.79 Å². The van der Waals surface area contributed by atoms with Crippen molar-refractivity contribution in [1.29, 1.82) is 0 Å². The first-order valence-corrected chi connectivity index (χ1v) is 9.36. The summed E-state index contributed by atoms with van der Waals surface area (Å²) in [4.78, 5) is 15.2. The lowest BCUT2D eigenvalue weighted by atomic mass is 10.0. The topological polar surface area (TPSA) is 77.2 Å². The summed E-state index contributed by atoms with van der Waals surface area (Å²) in [6.07, 6.45) is 8.34. The molecular weight excluding hydrogens is 326 g/mol. The van der Waals surface area contributed by atoms with Crippen molar-refractivity contribution in [2.75, 3.05) is 6.54 Å². The molecule has 2 aromatic rings. The predicted molar refractivity (Wildman–Crippen MR) is 102 cm³/mol. The van der Waals surface area contributed by atoms with E-state index >= 15 is 0 Å². The second-order valence-electron chi connectivity index (χ2n) is 7.07. The van der Waals surface area contributed by atoms with Crippen LogP contribution in [-0.2, 0) is 6.54 Å². The van der Waals surface area contributed by atoms with Gasteiger partial charge in [0.2, 0.25) is 11.8 Å². The van der Waals surface area contributed by atoms with Gasteiger partial charge in [0.1, 0.15) is 5.75 Å². The Balaban J connectivity index is 1.50. The van der Waals surface area contributed by atoms with E-state index in [0.29, 0.717) is 11.4 Å². The summed E-state index contributed by atoms with van der Waals surface area (Å²) < 4.78 is 5.81. The Kier molecular flexibility index (Phi) is 6.23. The second-order valence-corrected chi connectivity index (χ2v) is 7.07. The van der Waals surface area contributed by atoms with Crippen molar-refractivity contribution in [2.24, 2.45) is 11.7 Å². The molecule has 0 spiro atoms. The minimum atomic E-state index is -0.495. The Morgan fingerprint density at radius 3 is 2.73 bits per heavy atom. The van der Waals surface area contributed by atoms with Crippen LogP contribution in [0, 0.1) is 12.8 Å². The van der Waals surface area contributed by atoms with E-state index in [1.807, 2.05) is 13.0 Å². The van der Waals surface area contributed by atoms with E-state index in [1.54, 1.807) is 12.1 Å². The first kappa shape index (κ1) is 18.4. The number of aryl methyl sites for hydroxylation is 1.